The fourth-order valence-corrected chi connectivity index (χ4v) is 2.65. The van der Waals surface area contributed by atoms with Crippen molar-refractivity contribution in [3.05, 3.63) is 0 Å². The first kappa shape index (κ1) is 10.9. The van der Waals surface area contributed by atoms with Gasteiger partial charge < -0.3 is 10.4 Å². The average Bonchev–Trinajstić information content (AvgIpc) is 2.30. The molecule has 0 aliphatic carbocycles. The molecule has 0 aromatic rings. The lowest BCUT2D eigenvalue weighted by Gasteiger charge is -2.38. The van der Waals surface area contributed by atoms with Gasteiger partial charge in [0.1, 0.15) is 6.04 Å². The highest BCUT2D eigenvalue weighted by molar-refractivity contribution is 5.73. The first-order valence-electron chi connectivity index (χ1n) is 5.97. The summed E-state index contributed by atoms with van der Waals surface area (Å²) in [5, 5.41) is 12.0. The van der Waals surface area contributed by atoms with Crippen LogP contribution in [0.2, 0.25) is 0 Å². The molecule has 2 unspecified atom stereocenters. The van der Waals surface area contributed by atoms with Crippen molar-refractivity contribution in [2.75, 3.05) is 19.6 Å². The molecular weight excluding hydrogens is 192 g/mol. The van der Waals surface area contributed by atoms with E-state index in [1.807, 2.05) is 0 Å². The third-order valence-electron chi connectivity index (χ3n) is 3.59. The first-order chi connectivity index (χ1) is 7.27. The number of carboxylic acids is 1. The van der Waals surface area contributed by atoms with Crippen molar-refractivity contribution in [2.45, 2.75) is 44.2 Å². The number of likely N-dealkylation sites (tertiary alicyclic amines) is 1. The van der Waals surface area contributed by atoms with Crippen molar-refractivity contribution in [1.82, 2.24) is 10.2 Å². The Bertz CT molecular complexity index is 219. The van der Waals surface area contributed by atoms with Crippen molar-refractivity contribution < 1.29 is 9.90 Å². The zero-order valence-corrected chi connectivity index (χ0v) is 9.11. The molecule has 0 spiro atoms. The van der Waals surface area contributed by atoms with Gasteiger partial charge in [-0.25, -0.2) is 0 Å². The number of hydrogen-bond acceptors (Lipinski definition) is 3. The Morgan fingerprint density at radius 2 is 1.93 bits per heavy atom. The Balaban J connectivity index is 1.79. The Morgan fingerprint density at radius 1 is 1.20 bits per heavy atom. The number of carboxylic acid groups (broad SMARTS) is 1. The predicted octanol–water partition coefficient (Wildman–Crippen LogP) is 0.677. The molecule has 2 fully saturated rings. The molecule has 15 heavy (non-hydrogen) atoms. The van der Waals surface area contributed by atoms with Crippen molar-refractivity contribution in [3.8, 4) is 0 Å². The van der Waals surface area contributed by atoms with Gasteiger partial charge in [0.05, 0.1) is 0 Å². The number of carbonyl (C=O) groups is 1. The van der Waals surface area contributed by atoms with Crippen LogP contribution in [0.15, 0.2) is 0 Å². The normalized spacial score (nSPS) is 33.9. The fraction of sp³-hybridized carbons (Fsp3) is 0.909. The van der Waals surface area contributed by atoms with Gasteiger partial charge in [-0.15, -0.1) is 0 Å². The lowest BCUT2D eigenvalue weighted by Crippen LogP contribution is -2.53. The van der Waals surface area contributed by atoms with E-state index in [1.165, 1.54) is 32.4 Å². The molecule has 0 aromatic carbocycles. The molecule has 2 heterocycles. The Morgan fingerprint density at radius 3 is 2.47 bits per heavy atom. The van der Waals surface area contributed by atoms with E-state index in [2.05, 4.69) is 10.2 Å². The highest BCUT2D eigenvalue weighted by atomic mass is 16.4. The van der Waals surface area contributed by atoms with Gasteiger partial charge in [-0.2, -0.15) is 0 Å². The summed E-state index contributed by atoms with van der Waals surface area (Å²) in [6, 6.07) is 0.256. The number of rotatable bonds is 2. The summed E-state index contributed by atoms with van der Waals surface area (Å²) in [4.78, 5) is 13.3. The molecule has 2 aliphatic heterocycles. The number of aliphatic carboxylic acids is 1. The monoisotopic (exact) mass is 212 g/mol. The molecule has 0 amide bonds. The summed E-state index contributed by atoms with van der Waals surface area (Å²) >= 11 is 0. The van der Waals surface area contributed by atoms with Gasteiger partial charge in [-0.05, 0) is 38.8 Å². The quantitative estimate of drug-likeness (QED) is 0.706. The minimum atomic E-state index is -0.702. The second-order valence-corrected chi connectivity index (χ2v) is 4.63. The molecule has 0 radical (unpaired) electrons. The summed E-state index contributed by atoms with van der Waals surface area (Å²) in [5.74, 6) is -0.702. The largest absolute Gasteiger partial charge is 0.480 e. The van der Waals surface area contributed by atoms with Crippen molar-refractivity contribution in [1.29, 1.82) is 0 Å². The van der Waals surface area contributed by atoms with Crippen molar-refractivity contribution >= 4 is 5.97 Å². The third-order valence-corrected chi connectivity index (χ3v) is 3.59. The first-order valence-corrected chi connectivity index (χ1v) is 5.97. The molecule has 0 aromatic heterocycles. The molecule has 0 saturated carbocycles. The van der Waals surface area contributed by atoms with E-state index in [0.717, 1.165) is 19.4 Å². The van der Waals surface area contributed by atoms with Gasteiger partial charge in [-0.1, -0.05) is 6.42 Å². The number of nitrogens with one attached hydrogen (secondary N) is 1. The highest BCUT2D eigenvalue weighted by Gasteiger charge is 2.28. The van der Waals surface area contributed by atoms with Gasteiger partial charge in [0.15, 0.2) is 0 Å². The van der Waals surface area contributed by atoms with E-state index in [-0.39, 0.29) is 6.04 Å². The smallest absolute Gasteiger partial charge is 0.320 e. The predicted molar refractivity (Wildman–Crippen MR) is 57.9 cm³/mol. The summed E-state index contributed by atoms with van der Waals surface area (Å²) in [7, 11) is 0. The number of piperidine rings is 2. The minimum absolute atomic E-state index is 0.314. The van der Waals surface area contributed by atoms with Gasteiger partial charge in [0.2, 0.25) is 0 Å². The van der Waals surface area contributed by atoms with Crippen LogP contribution in [-0.4, -0.2) is 47.7 Å². The van der Waals surface area contributed by atoms with Crippen LogP contribution in [-0.2, 0) is 4.79 Å². The van der Waals surface area contributed by atoms with E-state index < -0.39 is 5.97 Å². The minimum Gasteiger partial charge on any atom is -0.480 e. The Labute approximate surface area is 90.6 Å². The highest BCUT2D eigenvalue weighted by Crippen LogP contribution is 2.18. The summed E-state index contributed by atoms with van der Waals surface area (Å²) in [6.45, 7) is 3.24. The van der Waals surface area contributed by atoms with Gasteiger partial charge in [0, 0.05) is 12.6 Å². The van der Waals surface area contributed by atoms with Crippen LogP contribution in [0.1, 0.15) is 32.1 Å². The molecule has 4 heteroatoms. The van der Waals surface area contributed by atoms with Crippen LogP contribution in [0.4, 0.5) is 0 Å². The zero-order valence-electron chi connectivity index (χ0n) is 9.11. The molecule has 4 nitrogen and oxygen atoms in total. The van der Waals surface area contributed by atoms with Crippen molar-refractivity contribution in [3.63, 3.8) is 0 Å². The number of nitrogens with zero attached hydrogens (tertiary/aromatic N) is 1. The SMILES string of the molecule is O=C(O)C1CCC(N2CCCCC2)CN1. The molecule has 2 atom stereocenters. The van der Waals surface area contributed by atoms with E-state index >= 15 is 0 Å². The molecule has 2 aliphatic rings. The van der Waals surface area contributed by atoms with E-state index in [1.54, 1.807) is 0 Å². The van der Waals surface area contributed by atoms with Crippen LogP contribution in [0, 0.1) is 0 Å². The van der Waals surface area contributed by atoms with Crippen LogP contribution >= 0.6 is 0 Å². The van der Waals surface area contributed by atoms with Crippen LogP contribution in [0.5, 0.6) is 0 Å². The molecule has 2 rings (SSSR count). The van der Waals surface area contributed by atoms with Crippen LogP contribution in [0.3, 0.4) is 0 Å². The molecule has 86 valence electrons. The zero-order chi connectivity index (χ0) is 10.7. The number of hydrogen-bond donors (Lipinski definition) is 2. The van der Waals surface area contributed by atoms with Crippen molar-refractivity contribution in [2.24, 2.45) is 0 Å². The van der Waals surface area contributed by atoms with Gasteiger partial charge >= 0.3 is 5.97 Å². The molecule has 2 saturated heterocycles. The molecular formula is C11H20N2O2. The van der Waals surface area contributed by atoms with Crippen LogP contribution < -0.4 is 5.32 Å². The van der Waals surface area contributed by atoms with Crippen LogP contribution in [0.25, 0.3) is 0 Å². The fourth-order valence-electron chi connectivity index (χ4n) is 2.65. The summed E-state index contributed by atoms with van der Waals surface area (Å²) < 4.78 is 0. The second kappa shape index (κ2) is 4.94. The maximum atomic E-state index is 10.8. The Kier molecular flexibility index (Phi) is 3.59. The Hall–Kier alpha value is -0.610. The molecule has 0 bridgehead atoms. The van der Waals surface area contributed by atoms with Gasteiger partial charge in [0.25, 0.3) is 0 Å². The molecule has 2 N–H and O–H groups in total. The maximum Gasteiger partial charge on any atom is 0.320 e. The third kappa shape index (κ3) is 2.69. The summed E-state index contributed by atoms with van der Waals surface area (Å²) in [5.41, 5.74) is 0. The van der Waals surface area contributed by atoms with E-state index in [0.29, 0.717) is 6.04 Å². The standard InChI is InChI=1S/C11H20N2O2/c14-11(15)10-5-4-9(8-12-10)13-6-2-1-3-7-13/h9-10,12H,1-8H2,(H,14,15). The van der Waals surface area contributed by atoms with E-state index in [4.69, 9.17) is 5.11 Å². The topological polar surface area (TPSA) is 52.6 Å². The lowest BCUT2D eigenvalue weighted by atomic mass is 9.97. The summed E-state index contributed by atoms with van der Waals surface area (Å²) in [6.07, 6.45) is 5.77. The average molecular weight is 212 g/mol. The second-order valence-electron chi connectivity index (χ2n) is 4.63. The lowest BCUT2D eigenvalue weighted by molar-refractivity contribution is -0.140. The van der Waals surface area contributed by atoms with Gasteiger partial charge in [-0.3, -0.25) is 9.69 Å². The maximum absolute atomic E-state index is 10.8. The van der Waals surface area contributed by atoms with E-state index in [9.17, 15) is 4.79 Å².